The second-order valence-corrected chi connectivity index (χ2v) is 7.84. The zero-order chi connectivity index (χ0) is 18.6. The van der Waals surface area contributed by atoms with Crippen LogP contribution in [-0.4, -0.2) is 27.5 Å². The quantitative estimate of drug-likeness (QED) is 0.774. The number of aryl methyl sites for hydroxylation is 1. The summed E-state index contributed by atoms with van der Waals surface area (Å²) in [5, 5.41) is 14.9. The molecule has 138 valence electrons. The summed E-state index contributed by atoms with van der Waals surface area (Å²) in [6.07, 6.45) is 4.57. The van der Waals surface area contributed by atoms with Gasteiger partial charge >= 0.3 is 5.97 Å². The first-order valence-electron chi connectivity index (χ1n) is 9.06. The molecule has 0 radical (unpaired) electrons. The zero-order valence-electron chi connectivity index (χ0n) is 15.0. The molecular weight excluding hydrogens is 348 g/mol. The zero-order valence-corrected chi connectivity index (χ0v) is 15.8. The normalized spacial score (nSPS) is 15.7. The summed E-state index contributed by atoms with van der Waals surface area (Å²) >= 11 is 1.53. The van der Waals surface area contributed by atoms with Crippen LogP contribution in [0.4, 0.5) is 0 Å². The highest BCUT2D eigenvalue weighted by atomic mass is 32.1. The third-order valence-corrected chi connectivity index (χ3v) is 5.90. The maximum absolute atomic E-state index is 12.4. The SMILES string of the molecule is CCc1ccc(-c2nc(CC(=O)NC3(CC(=O)O)CCCC3)cs2)cc1. The molecule has 1 heterocycles. The van der Waals surface area contributed by atoms with Crippen molar-refractivity contribution >= 4 is 23.2 Å². The van der Waals surface area contributed by atoms with E-state index in [1.165, 1.54) is 16.9 Å². The Bertz CT molecular complexity index is 777. The van der Waals surface area contributed by atoms with E-state index in [1.807, 2.05) is 5.38 Å². The summed E-state index contributed by atoms with van der Waals surface area (Å²) in [7, 11) is 0. The number of benzene rings is 1. The van der Waals surface area contributed by atoms with Gasteiger partial charge in [-0.05, 0) is 24.8 Å². The Hall–Kier alpha value is -2.21. The molecule has 2 aromatic rings. The van der Waals surface area contributed by atoms with Crippen molar-refractivity contribution in [2.45, 2.75) is 57.4 Å². The van der Waals surface area contributed by atoms with Crippen LogP contribution in [0.15, 0.2) is 29.6 Å². The van der Waals surface area contributed by atoms with E-state index in [9.17, 15) is 9.59 Å². The van der Waals surface area contributed by atoms with Crippen LogP contribution in [0, 0.1) is 0 Å². The van der Waals surface area contributed by atoms with Crippen molar-refractivity contribution in [1.29, 1.82) is 0 Å². The number of nitrogens with zero attached hydrogens (tertiary/aromatic N) is 1. The van der Waals surface area contributed by atoms with E-state index < -0.39 is 11.5 Å². The van der Waals surface area contributed by atoms with Gasteiger partial charge in [0, 0.05) is 10.9 Å². The lowest BCUT2D eigenvalue weighted by molar-refractivity contribution is -0.139. The number of nitrogens with one attached hydrogen (secondary N) is 1. The largest absolute Gasteiger partial charge is 0.481 e. The highest BCUT2D eigenvalue weighted by Gasteiger charge is 2.37. The Balaban J connectivity index is 1.64. The van der Waals surface area contributed by atoms with Gasteiger partial charge in [0.15, 0.2) is 0 Å². The standard InChI is InChI=1S/C20H24N2O3S/c1-2-14-5-7-15(8-6-14)19-21-16(13-26-19)11-17(23)22-20(12-18(24)25)9-3-4-10-20/h5-8,13H,2-4,9-12H2,1H3,(H,22,23)(H,24,25). The minimum absolute atomic E-state index is 0.00909. The first kappa shape index (κ1) is 18.6. The maximum Gasteiger partial charge on any atom is 0.305 e. The molecule has 1 aromatic heterocycles. The van der Waals surface area contributed by atoms with Crippen LogP contribution in [-0.2, 0) is 22.4 Å². The summed E-state index contributed by atoms with van der Waals surface area (Å²) in [6, 6.07) is 8.31. The van der Waals surface area contributed by atoms with Crippen LogP contribution >= 0.6 is 11.3 Å². The number of amides is 1. The molecule has 1 amide bonds. The lowest BCUT2D eigenvalue weighted by atomic mass is 9.93. The molecule has 0 unspecified atom stereocenters. The van der Waals surface area contributed by atoms with Gasteiger partial charge in [-0.2, -0.15) is 0 Å². The van der Waals surface area contributed by atoms with Crippen molar-refractivity contribution in [3.8, 4) is 10.6 Å². The monoisotopic (exact) mass is 372 g/mol. The van der Waals surface area contributed by atoms with Crippen LogP contribution in [0.5, 0.6) is 0 Å². The second-order valence-electron chi connectivity index (χ2n) is 6.98. The summed E-state index contributed by atoms with van der Waals surface area (Å²) < 4.78 is 0. The first-order valence-corrected chi connectivity index (χ1v) is 9.94. The summed E-state index contributed by atoms with van der Waals surface area (Å²) in [5.41, 5.74) is 2.48. The Morgan fingerprint density at radius 2 is 1.92 bits per heavy atom. The Morgan fingerprint density at radius 3 is 2.54 bits per heavy atom. The van der Waals surface area contributed by atoms with Gasteiger partial charge in [-0.1, -0.05) is 44.0 Å². The number of carboxylic acid groups (broad SMARTS) is 1. The van der Waals surface area contributed by atoms with E-state index in [4.69, 9.17) is 5.11 Å². The van der Waals surface area contributed by atoms with Crippen molar-refractivity contribution in [3.63, 3.8) is 0 Å². The molecule has 3 rings (SSSR count). The van der Waals surface area contributed by atoms with Gasteiger partial charge in [0.1, 0.15) is 5.01 Å². The van der Waals surface area contributed by atoms with Crippen LogP contribution in [0.25, 0.3) is 10.6 Å². The topological polar surface area (TPSA) is 79.3 Å². The van der Waals surface area contributed by atoms with Crippen LogP contribution in [0.1, 0.15) is 50.3 Å². The first-order chi connectivity index (χ1) is 12.5. The highest BCUT2D eigenvalue weighted by Crippen LogP contribution is 2.33. The average Bonchev–Trinajstić information content (AvgIpc) is 3.24. The van der Waals surface area contributed by atoms with E-state index in [1.54, 1.807) is 0 Å². The third kappa shape index (κ3) is 4.49. The number of carbonyl (C=O) groups excluding carboxylic acids is 1. The van der Waals surface area contributed by atoms with Crippen molar-refractivity contribution in [1.82, 2.24) is 10.3 Å². The molecule has 1 aliphatic rings. The lowest BCUT2D eigenvalue weighted by Crippen LogP contribution is -2.48. The molecule has 0 atom stereocenters. The molecule has 5 nitrogen and oxygen atoms in total. The highest BCUT2D eigenvalue weighted by molar-refractivity contribution is 7.13. The van der Waals surface area contributed by atoms with Crippen LogP contribution in [0.2, 0.25) is 0 Å². The van der Waals surface area contributed by atoms with Gasteiger partial charge in [-0.3, -0.25) is 9.59 Å². The Labute approximate surface area is 157 Å². The summed E-state index contributed by atoms with van der Waals surface area (Å²) in [6.45, 7) is 2.12. The maximum atomic E-state index is 12.4. The number of aliphatic carboxylic acids is 1. The predicted molar refractivity (Wildman–Crippen MR) is 102 cm³/mol. The fourth-order valence-corrected chi connectivity index (χ4v) is 4.42. The minimum atomic E-state index is -0.862. The molecular formula is C20H24N2O3S. The van der Waals surface area contributed by atoms with E-state index in [0.717, 1.165) is 48.4 Å². The number of carboxylic acids is 1. The van der Waals surface area contributed by atoms with E-state index >= 15 is 0 Å². The lowest BCUT2D eigenvalue weighted by Gasteiger charge is -2.28. The smallest absolute Gasteiger partial charge is 0.305 e. The second kappa shape index (κ2) is 7.99. The van der Waals surface area contributed by atoms with Gasteiger partial charge in [-0.25, -0.2) is 4.98 Å². The number of hydrogen-bond donors (Lipinski definition) is 2. The fraction of sp³-hybridized carbons (Fsp3) is 0.450. The molecule has 6 heteroatoms. The number of rotatable bonds is 7. The molecule has 0 aliphatic heterocycles. The minimum Gasteiger partial charge on any atom is -0.481 e. The molecule has 26 heavy (non-hydrogen) atoms. The van der Waals surface area contributed by atoms with Crippen LogP contribution < -0.4 is 5.32 Å². The van der Waals surface area contributed by atoms with E-state index in [2.05, 4.69) is 41.5 Å². The summed E-state index contributed by atoms with van der Waals surface area (Å²) in [5.74, 6) is -1.01. The van der Waals surface area contributed by atoms with Crippen molar-refractivity contribution in [2.75, 3.05) is 0 Å². The predicted octanol–water partition coefficient (Wildman–Crippen LogP) is 3.82. The van der Waals surface area contributed by atoms with Gasteiger partial charge in [0.25, 0.3) is 0 Å². The number of thiazole rings is 1. The molecule has 1 fully saturated rings. The average molecular weight is 372 g/mol. The molecule has 1 saturated carbocycles. The van der Waals surface area contributed by atoms with Gasteiger partial charge in [0.05, 0.1) is 24.1 Å². The molecule has 1 aliphatic carbocycles. The number of aromatic nitrogens is 1. The van der Waals surface area contributed by atoms with Crippen molar-refractivity contribution < 1.29 is 14.7 Å². The molecule has 0 spiro atoms. The fourth-order valence-electron chi connectivity index (χ4n) is 3.60. The molecule has 0 saturated heterocycles. The Kier molecular flexibility index (Phi) is 5.71. The van der Waals surface area contributed by atoms with E-state index in [0.29, 0.717) is 0 Å². The summed E-state index contributed by atoms with van der Waals surface area (Å²) in [4.78, 5) is 28.2. The van der Waals surface area contributed by atoms with Crippen molar-refractivity contribution in [3.05, 3.63) is 40.9 Å². The van der Waals surface area contributed by atoms with E-state index in [-0.39, 0.29) is 18.7 Å². The Morgan fingerprint density at radius 1 is 1.23 bits per heavy atom. The van der Waals surface area contributed by atoms with Gasteiger partial charge in [-0.15, -0.1) is 11.3 Å². The van der Waals surface area contributed by atoms with Crippen LogP contribution in [0.3, 0.4) is 0 Å². The van der Waals surface area contributed by atoms with Crippen molar-refractivity contribution in [2.24, 2.45) is 0 Å². The molecule has 1 aromatic carbocycles. The number of hydrogen-bond acceptors (Lipinski definition) is 4. The number of carbonyl (C=O) groups is 2. The molecule has 0 bridgehead atoms. The third-order valence-electron chi connectivity index (χ3n) is 4.96. The molecule has 2 N–H and O–H groups in total. The van der Waals surface area contributed by atoms with Gasteiger partial charge in [0.2, 0.25) is 5.91 Å². The van der Waals surface area contributed by atoms with Gasteiger partial charge < -0.3 is 10.4 Å².